The van der Waals surface area contributed by atoms with Crippen molar-refractivity contribution in [1.29, 1.82) is 0 Å². The number of aliphatic hydroxyl groups is 1. The van der Waals surface area contributed by atoms with Gasteiger partial charge in [0.25, 0.3) is 0 Å². The lowest BCUT2D eigenvalue weighted by Gasteiger charge is -2.26. The smallest absolute Gasteiger partial charge is 0.149 e. The predicted octanol–water partition coefficient (Wildman–Crippen LogP) is 1.52. The van der Waals surface area contributed by atoms with Crippen LogP contribution in [0.15, 0.2) is 0 Å². The summed E-state index contributed by atoms with van der Waals surface area (Å²) in [6.07, 6.45) is 5.21. The molecule has 0 aromatic carbocycles. The summed E-state index contributed by atoms with van der Waals surface area (Å²) in [6, 6.07) is 0. The summed E-state index contributed by atoms with van der Waals surface area (Å²) in [4.78, 5) is 0. The van der Waals surface area contributed by atoms with Gasteiger partial charge < -0.3 is 19.3 Å². The molecule has 1 fully saturated rings. The van der Waals surface area contributed by atoms with Gasteiger partial charge in [0.1, 0.15) is 13.6 Å². The Hall–Kier alpha value is -0.160. The SMILES string of the molecule is CC1CCCC(OCOCOCCO)C1. The van der Waals surface area contributed by atoms with Crippen LogP contribution < -0.4 is 0 Å². The quantitative estimate of drug-likeness (QED) is 0.520. The molecule has 0 aromatic rings. The van der Waals surface area contributed by atoms with Gasteiger partial charge in [-0.05, 0) is 18.8 Å². The predicted molar refractivity (Wildman–Crippen MR) is 56.4 cm³/mol. The third-order valence-corrected chi connectivity index (χ3v) is 2.68. The first-order valence-electron chi connectivity index (χ1n) is 5.71. The van der Waals surface area contributed by atoms with Crippen molar-refractivity contribution >= 4 is 0 Å². The van der Waals surface area contributed by atoms with Gasteiger partial charge in [-0.3, -0.25) is 0 Å². The zero-order valence-corrected chi connectivity index (χ0v) is 9.48. The van der Waals surface area contributed by atoms with E-state index < -0.39 is 0 Å². The fourth-order valence-electron chi connectivity index (χ4n) is 1.89. The van der Waals surface area contributed by atoms with Crippen LogP contribution in [-0.2, 0) is 14.2 Å². The number of hydrogen-bond donors (Lipinski definition) is 1. The van der Waals surface area contributed by atoms with Crippen LogP contribution in [0, 0.1) is 5.92 Å². The summed E-state index contributed by atoms with van der Waals surface area (Å²) in [5.74, 6) is 0.773. The van der Waals surface area contributed by atoms with Crippen LogP contribution in [0.1, 0.15) is 32.6 Å². The third kappa shape index (κ3) is 6.10. The summed E-state index contributed by atoms with van der Waals surface area (Å²) < 4.78 is 15.6. The molecule has 0 aliphatic heterocycles. The van der Waals surface area contributed by atoms with E-state index in [0.29, 0.717) is 19.5 Å². The maximum atomic E-state index is 8.44. The Morgan fingerprint density at radius 1 is 1.20 bits per heavy atom. The van der Waals surface area contributed by atoms with Gasteiger partial charge in [0, 0.05) is 0 Å². The van der Waals surface area contributed by atoms with Gasteiger partial charge in [0.15, 0.2) is 0 Å². The molecule has 1 saturated carbocycles. The van der Waals surface area contributed by atoms with E-state index >= 15 is 0 Å². The second kappa shape index (κ2) is 8.05. The summed E-state index contributed by atoms with van der Waals surface area (Å²) in [6.45, 7) is 3.11. The van der Waals surface area contributed by atoms with Crippen LogP contribution in [0.5, 0.6) is 0 Å². The standard InChI is InChI=1S/C11H22O4/c1-10-3-2-4-11(7-10)15-9-14-8-13-6-5-12/h10-12H,2-9H2,1H3. The highest BCUT2D eigenvalue weighted by atomic mass is 16.7. The second-order valence-electron chi connectivity index (χ2n) is 4.13. The van der Waals surface area contributed by atoms with Crippen molar-refractivity contribution in [2.75, 3.05) is 26.8 Å². The maximum absolute atomic E-state index is 8.44. The molecule has 4 nitrogen and oxygen atoms in total. The highest BCUT2D eigenvalue weighted by Crippen LogP contribution is 2.25. The first-order valence-corrected chi connectivity index (χ1v) is 5.71. The van der Waals surface area contributed by atoms with Crippen molar-refractivity contribution in [1.82, 2.24) is 0 Å². The van der Waals surface area contributed by atoms with Crippen molar-refractivity contribution < 1.29 is 19.3 Å². The van der Waals surface area contributed by atoms with Gasteiger partial charge in [-0.1, -0.05) is 19.8 Å². The molecule has 2 atom stereocenters. The Morgan fingerprint density at radius 3 is 2.80 bits per heavy atom. The summed E-state index contributed by atoms with van der Waals surface area (Å²) in [7, 11) is 0. The van der Waals surface area contributed by atoms with Gasteiger partial charge >= 0.3 is 0 Å². The molecular formula is C11H22O4. The molecule has 0 radical (unpaired) electrons. The summed E-state index contributed by atoms with van der Waals surface area (Å²) in [5.41, 5.74) is 0. The van der Waals surface area contributed by atoms with Crippen LogP contribution in [0.4, 0.5) is 0 Å². The van der Waals surface area contributed by atoms with Crippen LogP contribution in [0.3, 0.4) is 0 Å². The van der Waals surface area contributed by atoms with Gasteiger partial charge in [-0.15, -0.1) is 0 Å². The lowest BCUT2D eigenvalue weighted by molar-refractivity contribution is -0.158. The molecule has 0 bridgehead atoms. The van der Waals surface area contributed by atoms with E-state index in [1.807, 2.05) is 0 Å². The third-order valence-electron chi connectivity index (χ3n) is 2.68. The van der Waals surface area contributed by atoms with Crippen molar-refractivity contribution in [3.8, 4) is 0 Å². The average molecular weight is 218 g/mol. The van der Waals surface area contributed by atoms with Gasteiger partial charge in [0.2, 0.25) is 0 Å². The monoisotopic (exact) mass is 218 g/mol. The molecule has 0 heterocycles. The molecule has 1 rings (SSSR count). The minimum absolute atomic E-state index is 0.0321. The van der Waals surface area contributed by atoms with E-state index in [9.17, 15) is 0 Å². The van der Waals surface area contributed by atoms with Crippen LogP contribution in [0.2, 0.25) is 0 Å². The van der Waals surface area contributed by atoms with E-state index in [1.165, 1.54) is 12.8 Å². The van der Waals surface area contributed by atoms with Crippen molar-refractivity contribution in [2.24, 2.45) is 5.92 Å². The zero-order chi connectivity index (χ0) is 10.9. The minimum atomic E-state index is 0.0321. The molecule has 4 heteroatoms. The fraction of sp³-hybridized carbons (Fsp3) is 1.00. The Balaban J connectivity index is 1.90. The molecule has 1 aliphatic rings. The van der Waals surface area contributed by atoms with Crippen LogP contribution in [-0.4, -0.2) is 38.0 Å². The van der Waals surface area contributed by atoms with E-state index in [4.69, 9.17) is 19.3 Å². The number of hydrogen-bond acceptors (Lipinski definition) is 4. The van der Waals surface area contributed by atoms with E-state index in [0.717, 1.165) is 18.8 Å². The summed E-state index contributed by atoms with van der Waals surface area (Å²) >= 11 is 0. The van der Waals surface area contributed by atoms with Crippen LogP contribution in [0.25, 0.3) is 0 Å². The van der Waals surface area contributed by atoms with Gasteiger partial charge in [-0.25, -0.2) is 0 Å². The average Bonchev–Trinajstić information content (AvgIpc) is 2.23. The normalized spacial score (nSPS) is 26.8. The zero-order valence-electron chi connectivity index (χ0n) is 9.48. The molecule has 0 spiro atoms. The number of rotatable bonds is 7. The largest absolute Gasteiger partial charge is 0.394 e. The molecule has 90 valence electrons. The van der Waals surface area contributed by atoms with Gasteiger partial charge in [0.05, 0.1) is 19.3 Å². The maximum Gasteiger partial charge on any atom is 0.149 e. The number of ether oxygens (including phenoxy) is 3. The first kappa shape index (κ1) is 12.9. The van der Waals surface area contributed by atoms with Crippen molar-refractivity contribution in [2.45, 2.75) is 38.7 Å². The van der Waals surface area contributed by atoms with E-state index in [2.05, 4.69) is 6.92 Å². The highest BCUT2D eigenvalue weighted by Gasteiger charge is 2.18. The molecule has 15 heavy (non-hydrogen) atoms. The van der Waals surface area contributed by atoms with E-state index in [1.54, 1.807) is 0 Å². The Kier molecular flexibility index (Phi) is 6.92. The second-order valence-corrected chi connectivity index (χ2v) is 4.13. The number of aliphatic hydroxyl groups excluding tert-OH is 1. The summed E-state index contributed by atoms with van der Waals surface area (Å²) in [5, 5.41) is 8.44. The molecule has 2 unspecified atom stereocenters. The molecule has 0 aromatic heterocycles. The fourth-order valence-corrected chi connectivity index (χ4v) is 1.89. The Morgan fingerprint density at radius 2 is 2.07 bits per heavy atom. The lowest BCUT2D eigenvalue weighted by Crippen LogP contribution is -2.23. The van der Waals surface area contributed by atoms with Crippen molar-refractivity contribution in [3.63, 3.8) is 0 Å². The van der Waals surface area contributed by atoms with Gasteiger partial charge in [-0.2, -0.15) is 0 Å². The van der Waals surface area contributed by atoms with Crippen molar-refractivity contribution in [3.05, 3.63) is 0 Å². The molecule has 1 aliphatic carbocycles. The molecule has 0 saturated heterocycles. The molecule has 1 N–H and O–H groups in total. The highest BCUT2D eigenvalue weighted by molar-refractivity contribution is 4.69. The van der Waals surface area contributed by atoms with E-state index in [-0.39, 0.29) is 13.4 Å². The minimum Gasteiger partial charge on any atom is -0.394 e. The Bertz CT molecular complexity index is 152. The lowest BCUT2D eigenvalue weighted by atomic mass is 9.89. The Labute approximate surface area is 91.5 Å². The molecular weight excluding hydrogens is 196 g/mol. The first-order chi connectivity index (χ1) is 7.33. The van der Waals surface area contributed by atoms with Crippen LogP contribution >= 0.6 is 0 Å². The molecule has 0 amide bonds. The topological polar surface area (TPSA) is 47.9 Å².